The lowest BCUT2D eigenvalue weighted by molar-refractivity contribution is -0.0435. The van der Waals surface area contributed by atoms with Crippen molar-refractivity contribution in [2.45, 2.75) is 17.1 Å². The largest absolute Gasteiger partial charge is 0.501 e. The molecule has 2 aromatic carbocycles. The highest BCUT2D eigenvalue weighted by molar-refractivity contribution is 7.92. The van der Waals surface area contributed by atoms with Crippen molar-refractivity contribution in [1.29, 1.82) is 5.26 Å². The van der Waals surface area contributed by atoms with Crippen LogP contribution in [-0.2, 0) is 21.3 Å². The molecule has 0 bridgehead atoms. The van der Waals surface area contributed by atoms with Gasteiger partial charge in [0.25, 0.3) is 9.84 Å². The second kappa shape index (κ2) is 7.34. The molecule has 7 nitrogen and oxygen atoms in total. The monoisotopic (exact) mass is 429 g/mol. The summed E-state index contributed by atoms with van der Waals surface area (Å²) < 4.78 is 88.1. The lowest BCUT2D eigenvalue weighted by Crippen LogP contribution is -2.23. The molecule has 1 aromatic heterocycles. The Kier molecular flexibility index (Phi) is 5.20. The van der Waals surface area contributed by atoms with E-state index in [9.17, 15) is 26.0 Å². The highest BCUT2D eigenvalue weighted by Gasteiger charge is 2.48. The molecule has 3 rings (SSSR count). The molecule has 0 saturated heterocycles. The zero-order valence-electron chi connectivity index (χ0n) is 14.6. The number of sulfone groups is 1. The first kappa shape index (κ1) is 20.6. The minimum Gasteiger partial charge on any atom is -0.455 e. The number of ether oxygens (including phenoxy) is 2. The molecule has 0 atom stereocenters. The number of rotatable bonds is 5. The molecule has 0 saturated carbocycles. The molecular formula is C17H11F4N3O4S. The number of halogens is 4. The smallest absolute Gasteiger partial charge is 0.455 e. The van der Waals surface area contributed by atoms with Crippen molar-refractivity contribution in [2.75, 3.05) is 7.11 Å². The summed E-state index contributed by atoms with van der Waals surface area (Å²) >= 11 is 0. The third-order valence-electron chi connectivity index (χ3n) is 3.80. The van der Waals surface area contributed by atoms with Crippen molar-refractivity contribution in [3.05, 3.63) is 47.9 Å². The molecule has 0 spiro atoms. The number of benzene rings is 2. The van der Waals surface area contributed by atoms with Gasteiger partial charge in [-0.3, -0.25) is 0 Å². The molecule has 3 aromatic rings. The first-order valence-electron chi connectivity index (χ1n) is 7.76. The Morgan fingerprint density at radius 2 is 1.97 bits per heavy atom. The van der Waals surface area contributed by atoms with Gasteiger partial charge in [0, 0.05) is 18.6 Å². The first-order chi connectivity index (χ1) is 13.6. The van der Waals surface area contributed by atoms with E-state index in [-0.39, 0.29) is 34.7 Å². The third-order valence-corrected chi connectivity index (χ3v) is 5.34. The van der Waals surface area contributed by atoms with Crippen LogP contribution >= 0.6 is 0 Å². The predicted octanol–water partition coefficient (Wildman–Crippen LogP) is 3.74. The number of fused-ring (bicyclic) bond motifs is 1. The third kappa shape index (κ3) is 3.74. The lowest BCUT2D eigenvalue weighted by atomic mass is 10.2. The van der Waals surface area contributed by atoms with E-state index in [2.05, 4.69) is 5.10 Å². The molecule has 0 radical (unpaired) electrons. The van der Waals surface area contributed by atoms with Gasteiger partial charge in [0.05, 0.1) is 22.7 Å². The second-order valence-corrected chi connectivity index (χ2v) is 7.63. The van der Waals surface area contributed by atoms with E-state index in [1.807, 2.05) is 0 Å². The molecule has 0 aliphatic carbocycles. The molecule has 1 heterocycles. The molecule has 0 fully saturated rings. The summed E-state index contributed by atoms with van der Waals surface area (Å²) in [6, 6.07) is 6.61. The Bertz CT molecular complexity index is 1230. The van der Waals surface area contributed by atoms with E-state index in [1.165, 1.54) is 13.2 Å². The van der Waals surface area contributed by atoms with Gasteiger partial charge in [0.15, 0.2) is 5.75 Å². The van der Waals surface area contributed by atoms with Crippen LogP contribution in [0.25, 0.3) is 10.9 Å². The Labute approximate surface area is 161 Å². The van der Waals surface area contributed by atoms with Gasteiger partial charge in [-0.05, 0) is 24.3 Å². The van der Waals surface area contributed by atoms with Gasteiger partial charge in [-0.1, -0.05) is 0 Å². The molecule has 0 unspecified atom stereocenters. The fourth-order valence-corrected chi connectivity index (χ4v) is 3.56. The Hall–Kier alpha value is -3.17. The van der Waals surface area contributed by atoms with E-state index in [4.69, 9.17) is 14.7 Å². The van der Waals surface area contributed by atoms with Gasteiger partial charge in [-0.15, -0.1) is 0 Å². The topological polar surface area (TPSA) is 94.2 Å². The molecule has 29 heavy (non-hydrogen) atoms. The number of methoxy groups -OCH3 is 1. The van der Waals surface area contributed by atoms with Crippen LogP contribution in [0.5, 0.6) is 11.5 Å². The molecule has 0 aliphatic heterocycles. The summed E-state index contributed by atoms with van der Waals surface area (Å²) in [6.07, 6.45) is 0.937. The maximum absolute atomic E-state index is 13.6. The number of alkyl halides is 3. The Balaban J connectivity index is 2.22. The molecular weight excluding hydrogens is 418 g/mol. The first-order valence-corrected chi connectivity index (χ1v) is 9.24. The van der Waals surface area contributed by atoms with Crippen molar-refractivity contribution in [1.82, 2.24) is 9.78 Å². The Morgan fingerprint density at radius 1 is 1.24 bits per heavy atom. The van der Waals surface area contributed by atoms with Crippen molar-refractivity contribution in [3.8, 4) is 17.6 Å². The molecule has 0 aliphatic rings. The fraction of sp³-hybridized carbons (Fsp3) is 0.176. The van der Waals surface area contributed by atoms with E-state index >= 15 is 0 Å². The number of aromatic nitrogens is 2. The SMILES string of the molecule is COCn1ncc2c(S(=O)(=O)C(F)(F)F)ccc(Oc3cc(F)cc(C#N)c3)c21. The van der Waals surface area contributed by atoms with E-state index in [1.54, 1.807) is 6.07 Å². The highest BCUT2D eigenvalue weighted by Crippen LogP contribution is 2.39. The average Bonchev–Trinajstić information content (AvgIpc) is 3.05. The molecule has 12 heteroatoms. The van der Waals surface area contributed by atoms with E-state index in [0.29, 0.717) is 0 Å². The van der Waals surface area contributed by atoms with Gasteiger partial charge >= 0.3 is 5.51 Å². The van der Waals surface area contributed by atoms with Crippen molar-refractivity contribution >= 4 is 20.7 Å². The van der Waals surface area contributed by atoms with Crippen LogP contribution in [0.4, 0.5) is 17.6 Å². The van der Waals surface area contributed by atoms with Crippen molar-refractivity contribution in [3.63, 3.8) is 0 Å². The maximum atomic E-state index is 13.6. The summed E-state index contributed by atoms with van der Waals surface area (Å²) in [6.45, 7) is -0.220. The number of hydrogen-bond acceptors (Lipinski definition) is 6. The van der Waals surface area contributed by atoms with Crippen LogP contribution in [0.1, 0.15) is 5.56 Å². The summed E-state index contributed by atoms with van der Waals surface area (Å²) in [5, 5.41) is 12.4. The van der Waals surface area contributed by atoms with Crippen LogP contribution in [0.2, 0.25) is 0 Å². The average molecular weight is 429 g/mol. The zero-order valence-corrected chi connectivity index (χ0v) is 15.4. The van der Waals surface area contributed by atoms with Gasteiger partial charge < -0.3 is 9.47 Å². The minimum absolute atomic E-state index is 0.0436. The molecule has 0 N–H and O–H groups in total. The van der Waals surface area contributed by atoms with Crippen LogP contribution < -0.4 is 4.74 Å². The lowest BCUT2D eigenvalue weighted by Gasteiger charge is -2.13. The summed E-state index contributed by atoms with van der Waals surface area (Å²) in [5.74, 6) is -0.985. The van der Waals surface area contributed by atoms with Gasteiger partial charge in [0.2, 0.25) is 0 Å². The summed E-state index contributed by atoms with van der Waals surface area (Å²) in [4.78, 5) is -1.01. The fourth-order valence-electron chi connectivity index (χ4n) is 2.62. The predicted molar refractivity (Wildman–Crippen MR) is 91.2 cm³/mol. The number of nitrogens with zero attached hydrogens (tertiary/aromatic N) is 3. The van der Waals surface area contributed by atoms with Crippen LogP contribution in [0.15, 0.2) is 41.4 Å². The van der Waals surface area contributed by atoms with E-state index in [0.717, 1.165) is 35.1 Å². The maximum Gasteiger partial charge on any atom is 0.501 e. The zero-order chi connectivity index (χ0) is 21.4. The molecule has 0 amide bonds. The van der Waals surface area contributed by atoms with Gasteiger partial charge in [-0.2, -0.15) is 23.5 Å². The molecule has 152 valence electrons. The van der Waals surface area contributed by atoms with Crippen LogP contribution in [0.3, 0.4) is 0 Å². The Morgan fingerprint density at radius 3 is 2.59 bits per heavy atom. The van der Waals surface area contributed by atoms with Gasteiger partial charge in [0.1, 0.15) is 23.8 Å². The van der Waals surface area contributed by atoms with Crippen LogP contribution in [0, 0.1) is 17.1 Å². The minimum atomic E-state index is -5.66. The van der Waals surface area contributed by atoms with Crippen LogP contribution in [-0.4, -0.2) is 30.8 Å². The second-order valence-electron chi connectivity index (χ2n) is 5.72. The van der Waals surface area contributed by atoms with Crippen molar-refractivity contribution in [2.24, 2.45) is 0 Å². The highest BCUT2D eigenvalue weighted by atomic mass is 32.2. The number of hydrogen-bond donors (Lipinski definition) is 0. The van der Waals surface area contributed by atoms with E-state index < -0.39 is 26.1 Å². The quantitative estimate of drug-likeness (QED) is 0.574. The van der Waals surface area contributed by atoms with Crippen molar-refractivity contribution < 1.29 is 35.5 Å². The summed E-state index contributed by atoms with van der Waals surface area (Å²) in [7, 11) is -4.36. The number of nitriles is 1. The normalized spacial score (nSPS) is 12.1. The summed E-state index contributed by atoms with van der Waals surface area (Å²) in [5.41, 5.74) is -5.67. The van der Waals surface area contributed by atoms with Gasteiger partial charge in [-0.25, -0.2) is 17.5 Å². The standard InChI is InChI=1S/C17H11F4N3O4S/c1-27-9-24-16-13(8-23-24)15(29(25,26)17(19,20)21)3-2-14(16)28-12-5-10(7-22)4-11(18)6-12/h2-6,8H,9H2,1H3.